The van der Waals surface area contributed by atoms with Crippen molar-refractivity contribution in [1.82, 2.24) is 10.3 Å². The number of nitrogens with zero attached hydrogens (tertiary/aromatic N) is 2. The third-order valence-electron chi connectivity index (χ3n) is 3.45. The first-order valence-electron chi connectivity index (χ1n) is 7.82. The molecule has 9 nitrogen and oxygen atoms in total. The average molecular weight is 370 g/mol. The molecular formula is C18H18N4O5. The number of hydrogen-bond acceptors (Lipinski definition) is 7. The van der Waals surface area contributed by atoms with E-state index in [0.29, 0.717) is 16.8 Å². The van der Waals surface area contributed by atoms with Crippen molar-refractivity contribution < 1.29 is 24.9 Å². The van der Waals surface area contributed by atoms with Gasteiger partial charge in [0.15, 0.2) is 11.8 Å². The van der Waals surface area contributed by atoms with Gasteiger partial charge in [-0.2, -0.15) is 0 Å². The molecule has 140 valence electrons. The number of aliphatic hydroxyl groups is 1. The summed E-state index contributed by atoms with van der Waals surface area (Å²) < 4.78 is 0. The third kappa shape index (κ3) is 5.38. The number of allylic oxidation sites excluding steroid dienone is 1. The highest BCUT2D eigenvalue weighted by molar-refractivity contribution is 6.10. The molecule has 0 aliphatic carbocycles. The number of rotatable bonds is 7. The number of hydrogen-bond donors (Lipinski definition) is 5. The van der Waals surface area contributed by atoms with Crippen LogP contribution in [0, 0.1) is 0 Å². The molecule has 0 saturated carbocycles. The zero-order chi connectivity index (χ0) is 19.8. The van der Waals surface area contributed by atoms with Gasteiger partial charge in [-0.05, 0) is 18.2 Å². The minimum atomic E-state index is -1.75. The fraction of sp³-hybridized carbons (Fsp3) is 0.111. The number of carbonyl (C=O) groups is 2. The van der Waals surface area contributed by atoms with Crippen LogP contribution in [-0.2, 0) is 4.79 Å². The quantitative estimate of drug-likeness (QED) is 0.448. The number of carbonyl (C=O) groups excluding carboxylic acids is 1. The van der Waals surface area contributed by atoms with Gasteiger partial charge in [0.05, 0.1) is 12.2 Å². The van der Waals surface area contributed by atoms with Crippen LogP contribution in [0.15, 0.2) is 53.8 Å². The van der Waals surface area contributed by atoms with Crippen molar-refractivity contribution in [3.63, 3.8) is 0 Å². The second-order valence-electron chi connectivity index (χ2n) is 5.37. The zero-order valence-corrected chi connectivity index (χ0v) is 14.1. The van der Waals surface area contributed by atoms with Crippen LogP contribution in [0.1, 0.15) is 16.1 Å². The van der Waals surface area contributed by atoms with Crippen molar-refractivity contribution >= 4 is 29.4 Å². The van der Waals surface area contributed by atoms with Gasteiger partial charge in [0, 0.05) is 29.7 Å². The van der Waals surface area contributed by atoms with Gasteiger partial charge in [-0.3, -0.25) is 9.79 Å². The number of aliphatic hydroxyl groups excluding tert-OH is 1. The van der Waals surface area contributed by atoms with E-state index in [2.05, 4.69) is 15.3 Å². The Hall–Kier alpha value is -3.72. The maximum absolute atomic E-state index is 12.0. The monoisotopic (exact) mass is 370 g/mol. The predicted molar refractivity (Wildman–Crippen MR) is 98.6 cm³/mol. The molecule has 2 aromatic rings. The molecule has 27 heavy (non-hydrogen) atoms. The number of para-hydroxylation sites is 1. The number of carboxylic acid groups (broad SMARTS) is 1. The fourth-order valence-electron chi connectivity index (χ4n) is 2.02. The maximum atomic E-state index is 12.0. The van der Waals surface area contributed by atoms with Crippen LogP contribution in [-0.4, -0.2) is 51.0 Å². The summed E-state index contributed by atoms with van der Waals surface area (Å²) in [6, 6.07) is 10.4. The Morgan fingerprint density at radius 2 is 2.00 bits per heavy atom. The minimum absolute atomic E-state index is 0.312. The highest BCUT2D eigenvalue weighted by Gasteiger charge is 2.18. The van der Waals surface area contributed by atoms with E-state index >= 15 is 0 Å². The van der Waals surface area contributed by atoms with Gasteiger partial charge in [0.25, 0.3) is 5.91 Å². The Balaban J connectivity index is 2.13. The van der Waals surface area contributed by atoms with Crippen LogP contribution in [0.2, 0.25) is 0 Å². The lowest BCUT2D eigenvalue weighted by molar-refractivity contribution is -0.146. The number of carboxylic acids is 1. The van der Waals surface area contributed by atoms with Gasteiger partial charge in [0.2, 0.25) is 0 Å². The summed E-state index contributed by atoms with van der Waals surface area (Å²) in [7, 11) is 0. The van der Waals surface area contributed by atoms with E-state index in [4.69, 9.17) is 15.9 Å². The summed E-state index contributed by atoms with van der Waals surface area (Å²) in [5, 5.41) is 30.0. The summed E-state index contributed by atoms with van der Waals surface area (Å²) in [5.74, 6) is -2.73. The molecule has 1 amide bonds. The van der Waals surface area contributed by atoms with E-state index in [-0.39, 0.29) is 5.69 Å². The van der Waals surface area contributed by atoms with Gasteiger partial charge < -0.3 is 26.4 Å². The number of nitrogens with one attached hydrogen (secondary N) is 1. The molecule has 6 N–H and O–H groups in total. The lowest BCUT2D eigenvalue weighted by Gasteiger charge is -2.09. The summed E-state index contributed by atoms with van der Waals surface area (Å²) in [4.78, 5) is 30.6. The highest BCUT2D eigenvalue weighted by Crippen LogP contribution is 2.21. The van der Waals surface area contributed by atoms with E-state index in [1.165, 1.54) is 24.7 Å². The Morgan fingerprint density at radius 1 is 1.30 bits per heavy atom. The van der Waals surface area contributed by atoms with Crippen molar-refractivity contribution in [3.05, 3.63) is 60.1 Å². The van der Waals surface area contributed by atoms with Crippen molar-refractivity contribution in [2.24, 2.45) is 10.7 Å². The van der Waals surface area contributed by atoms with E-state index < -0.39 is 30.3 Å². The van der Waals surface area contributed by atoms with Crippen LogP contribution in [0.5, 0.6) is 5.75 Å². The molecule has 2 rings (SSSR count). The smallest absolute Gasteiger partial charge is 0.334 e. The number of nitrogens with two attached hydrogens (primary N) is 1. The highest BCUT2D eigenvalue weighted by atomic mass is 16.4. The van der Waals surface area contributed by atoms with Crippen molar-refractivity contribution in [3.8, 4) is 5.75 Å². The van der Waals surface area contributed by atoms with Crippen LogP contribution in [0.4, 0.5) is 5.69 Å². The number of benzene rings is 1. The predicted octanol–water partition coefficient (Wildman–Crippen LogP) is 0.665. The Morgan fingerprint density at radius 3 is 2.59 bits per heavy atom. The topological polar surface area (TPSA) is 158 Å². The first-order chi connectivity index (χ1) is 12.9. The largest absolute Gasteiger partial charge is 0.505 e. The lowest BCUT2D eigenvalue weighted by atomic mass is 10.1. The van der Waals surface area contributed by atoms with Crippen molar-refractivity contribution in [2.45, 2.75) is 6.10 Å². The molecule has 1 aromatic heterocycles. The Bertz CT molecular complexity index is 881. The van der Waals surface area contributed by atoms with E-state index in [0.717, 1.165) is 0 Å². The Kier molecular flexibility index (Phi) is 6.61. The molecule has 0 saturated heterocycles. The molecule has 0 aliphatic heterocycles. The van der Waals surface area contributed by atoms with Gasteiger partial charge in [-0.15, -0.1) is 0 Å². The average Bonchev–Trinajstić information content (AvgIpc) is 2.67. The molecule has 1 heterocycles. The zero-order valence-electron chi connectivity index (χ0n) is 14.1. The summed E-state index contributed by atoms with van der Waals surface area (Å²) in [6.07, 6.45) is 2.34. The van der Waals surface area contributed by atoms with Crippen LogP contribution in [0.25, 0.3) is 5.57 Å². The number of aliphatic carboxylic acids is 1. The molecule has 0 radical (unpaired) electrons. The molecular weight excluding hydrogens is 352 g/mol. The van der Waals surface area contributed by atoms with Crippen molar-refractivity contribution in [2.75, 3.05) is 6.54 Å². The molecule has 0 aliphatic rings. The number of pyridine rings is 1. The van der Waals surface area contributed by atoms with Crippen LogP contribution >= 0.6 is 0 Å². The van der Waals surface area contributed by atoms with Crippen molar-refractivity contribution in [1.29, 1.82) is 0 Å². The number of aliphatic imine (C=N–C) groups is 1. The summed E-state index contributed by atoms with van der Waals surface area (Å²) in [5.41, 5.74) is 6.89. The second kappa shape index (κ2) is 9.11. The SMILES string of the molecule is NC=C(C=Nc1ccccc1)c1cnc(C(=O)NCC(O)C(=O)O)c(O)c1. The molecule has 0 spiro atoms. The molecule has 1 atom stereocenters. The minimum Gasteiger partial charge on any atom is -0.505 e. The lowest BCUT2D eigenvalue weighted by Crippen LogP contribution is -2.36. The fourth-order valence-corrected chi connectivity index (χ4v) is 2.02. The van der Waals surface area contributed by atoms with Gasteiger partial charge in [0.1, 0.15) is 5.75 Å². The third-order valence-corrected chi connectivity index (χ3v) is 3.45. The maximum Gasteiger partial charge on any atom is 0.334 e. The first kappa shape index (κ1) is 19.6. The molecule has 1 aromatic carbocycles. The molecule has 9 heteroatoms. The molecule has 0 bridgehead atoms. The number of amides is 1. The summed E-state index contributed by atoms with van der Waals surface area (Å²) >= 11 is 0. The molecule has 1 unspecified atom stereocenters. The van der Waals surface area contributed by atoms with Crippen LogP contribution < -0.4 is 11.1 Å². The normalized spacial score (nSPS) is 12.7. The second-order valence-corrected chi connectivity index (χ2v) is 5.37. The Labute approximate surface area is 154 Å². The molecule has 0 fully saturated rings. The first-order valence-corrected chi connectivity index (χ1v) is 7.82. The standard InChI is InChI=1S/C18H18N4O5/c19-7-12(9-20-13-4-2-1-3-5-13)11-6-14(23)16(21-8-11)17(25)22-10-15(24)18(26)27/h1-9,15,23-24H,10,19H2,(H,22,25)(H,26,27). The van der Waals surface area contributed by atoms with E-state index in [1.54, 1.807) is 12.1 Å². The van der Waals surface area contributed by atoms with Gasteiger partial charge in [-0.1, -0.05) is 18.2 Å². The van der Waals surface area contributed by atoms with E-state index in [1.807, 2.05) is 18.2 Å². The van der Waals surface area contributed by atoms with Gasteiger partial charge >= 0.3 is 5.97 Å². The van der Waals surface area contributed by atoms with E-state index in [9.17, 15) is 14.7 Å². The number of aromatic nitrogens is 1. The van der Waals surface area contributed by atoms with Crippen LogP contribution in [0.3, 0.4) is 0 Å². The summed E-state index contributed by atoms with van der Waals surface area (Å²) in [6.45, 7) is -0.519. The number of aromatic hydroxyl groups is 1. The van der Waals surface area contributed by atoms with Gasteiger partial charge in [-0.25, -0.2) is 9.78 Å².